The van der Waals surface area contributed by atoms with E-state index in [1.54, 1.807) is 0 Å². The second-order valence-corrected chi connectivity index (χ2v) is 4.33. The van der Waals surface area contributed by atoms with Crippen LogP contribution in [0.25, 0.3) is 10.2 Å². The number of benzene rings is 1. The Balaban J connectivity index is 2.40. The van der Waals surface area contributed by atoms with Crippen LogP contribution in [0.15, 0.2) is 24.3 Å². The molecule has 0 aliphatic rings. The Morgan fingerprint density at radius 2 is 2.20 bits per heavy atom. The molecule has 2 rings (SSSR count). The molecule has 0 aliphatic heterocycles. The Morgan fingerprint density at radius 3 is 2.87 bits per heavy atom. The number of fused-ring (bicyclic) bond motifs is 1. The zero-order valence-corrected chi connectivity index (χ0v) is 9.38. The van der Waals surface area contributed by atoms with Crippen molar-refractivity contribution in [2.24, 2.45) is 0 Å². The van der Waals surface area contributed by atoms with Crippen LogP contribution in [0.5, 0.6) is 0 Å². The van der Waals surface area contributed by atoms with E-state index in [4.69, 9.17) is 4.74 Å². The van der Waals surface area contributed by atoms with Crippen molar-refractivity contribution in [3.63, 3.8) is 0 Å². The highest BCUT2D eigenvalue weighted by molar-refractivity contribution is 7.18. The lowest BCUT2D eigenvalue weighted by atomic mass is 10.2. The predicted molar refractivity (Wildman–Crippen MR) is 60.1 cm³/mol. The SMILES string of the molecule is COC(=O)C(C)c1nc2ccccc2s1. The standard InChI is InChI=1S/C11H11NO2S/c1-7(11(13)14-2)10-12-8-5-3-4-6-9(8)15-10/h3-7H,1-2H3. The van der Waals surface area contributed by atoms with E-state index in [0.717, 1.165) is 15.2 Å². The van der Waals surface area contributed by atoms with E-state index in [2.05, 4.69) is 4.98 Å². The lowest BCUT2D eigenvalue weighted by molar-refractivity contribution is -0.141. The number of aromatic nitrogens is 1. The number of hydrogen-bond acceptors (Lipinski definition) is 4. The second-order valence-electron chi connectivity index (χ2n) is 3.26. The number of thiazole rings is 1. The number of carbonyl (C=O) groups excluding carboxylic acids is 1. The first-order valence-electron chi connectivity index (χ1n) is 4.65. The molecule has 0 N–H and O–H groups in total. The second kappa shape index (κ2) is 3.98. The van der Waals surface area contributed by atoms with E-state index in [0.29, 0.717) is 0 Å². The van der Waals surface area contributed by atoms with Crippen LogP contribution >= 0.6 is 11.3 Å². The van der Waals surface area contributed by atoms with Crippen LogP contribution in [-0.2, 0) is 9.53 Å². The van der Waals surface area contributed by atoms with Crippen LogP contribution in [0.1, 0.15) is 17.8 Å². The molecule has 4 heteroatoms. The van der Waals surface area contributed by atoms with Gasteiger partial charge in [0.1, 0.15) is 10.9 Å². The highest BCUT2D eigenvalue weighted by Gasteiger charge is 2.19. The molecule has 0 bridgehead atoms. The summed E-state index contributed by atoms with van der Waals surface area (Å²) in [4.78, 5) is 15.7. The molecule has 1 heterocycles. The number of esters is 1. The number of nitrogens with zero attached hydrogens (tertiary/aromatic N) is 1. The van der Waals surface area contributed by atoms with Crippen LogP contribution in [0.2, 0.25) is 0 Å². The summed E-state index contributed by atoms with van der Waals surface area (Å²) >= 11 is 1.54. The molecule has 78 valence electrons. The summed E-state index contributed by atoms with van der Waals surface area (Å²) in [5.74, 6) is -0.526. The normalized spacial score (nSPS) is 12.7. The Hall–Kier alpha value is -1.42. The fourth-order valence-corrected chi connectivity index (χ4v) is 2.36. The number of ether oxygens (including phenoxy) is 1. The average molecular weight is 221 g/mol. The smallest absolute Gasteiger partial charge is 0.315 e. The number of para-hydroxylation sites is 1. The first-order chi connectivity index (χ1) is 7.22. The van der Waals surface area contributed by atoms with Crippen molar-refractivity contribution < 1.29 is 9.53 Å². The molecule has 1 aromatic heterocycles. The van der Waals surface area contributed by atoms with Crippen molar-refractivity contribution in [3.05, 3.63) is 29.3 Å². The molecule has 0 saturated carbocycles. The largest absolute Gasteiger partial charge is 0.468 e. The van der Waals surface area contributed by atoms with Crippen LogP contribution in [-0.4, -0.2) is 18.1 Å². The Bertz CT molecular complexity index is 459. The minimum Gasteiger partial charge on any atom is -0.468 e. The molecule has 0 amide bonds. The molecule has 15 heavy (non-hydrogen) atoms. The number of methoxy groups -OCH3 is 1. The molecule has 0 aliphatic carbocycles. The van der Waals surface area contributed by atoms with Gasteiger partial charge >= 0.3 is 5.97 Å². The summed E-state index contributed by atoms with van der Waals surface area (Å²) in [6.45, 7) is 1.81. The van der Waals surface area contributed by atoms with Crippen molar-refractivity contribution in [2.45, 2.75) is 12.8 Å². The first-order valence-corrected chi connectivity index (χ1v) is 5.47. The molecule has 2 aromatic rings. The Labute approximate surface area is 91.7 Å². The van der Waals surface area contributed by atoms with Gasteiger partial charge in [-0.2, -0.15) is 0 Å². The van der Waals surface area contributed by atoms with Gasteiger partial charge in [0, 0.05) is 0 Å². The highest BCUT2D eigenvalue weighted by atomic mass is 32.1. The third-order valence-corrected chi connectivity index (χ3v) is 3.45. The third kappa shape index (κ3) is 1.85. The first kappa shape index (κ1) is 10.1. The summed E-state index contributed by atoms with van der Waals surface area (Å²) in [5, 5.41) is 0.808. The quantitative estimate of drug-likeness (QED) is 0.732. The fraction of sp³-hybridized carbons (Fsp3) is 0.273. The number of hydrogen-bond donors (Lipinski definition) is 0. The molecule has 0 radical (unpaired) electrons. The topological polar surface area (TPSA) is 39.2 Å². The molecule has 1 atom stereocenters. The zero-order valence-electron chi connectivity index (χ0n) is 8.56. The van der Waals surface area contributed by atoms with Crippen LogP contribution in [0.4, 0.5) is 0 Å². The van der Waals surface area contributed by atoms with Crippen molar-refractivity contribution in [1.82, 2.24) is 4.98 Å². The van der Waals surface area contributed by atoms with Gasteiger partial charge in [-0.15, -0.1) is 11.3 Å². The highest BCUT2D eigenvalue weighted by Crippen LogP contribution is 2.27. The van der Waals surface area contributed by atoms with Gasteiger partial charge in [0.05, 0.1) is 17.3 Å². The minimum atomic E-state index is -0.285. The van der Waals surface area contributed by atoms with E-state index < -0.39 is 0 Å². The van der Waals surface area contributed by atoms with Gasteiger partial charge in [0.15, 0.2) is 0 Å². The third-order valence-electron chi connectivity index (χ3n) is 2.24. The lowest BCUT2D eigenvalue weighted by Crippen LogP contribution is -2.10. The average Bonchev–Trinajstić information content (AvgIpc) is 2.70. The molecule has 0 saturated heterocycles. The predicted octanol–water partition coefficient (Wildman–Crippen LogP) is 2.57. The summed E-state index contributed by atoms with van der Waals surface area (Å²) < 4.78 is 5.79. The van der Waals surface area contributed by atoms with Gasteiger partial charge in [-0.3, -0.25) is 4.79 Å². The monoisotopic (exact) mass is 221 g/mol. The van der Waals surface area contributed by atoms with Crippen molar-refractivity contribution >= 4 is 27.5 Å². The van der Waals surface area contributed by atoms with E-state index in [1.165, 1.54) is 18.4 Å². The number of rotatable bonds is 2. The molecule has 1 aromatic carbocycles. The number of carbonyl (C=O) groups is 1. The van der Waals surface area contributed by atoms with Gasteiger partial charge in [-0.25, -0.2) is 4.98 Å². The summed E-state index contributed by atoms with van der Waals surface area (Å²) in [5.41, 5.74) is 0.938. The minimum absolute atomic E-state index is 0.242. The molecule has 0 spiro atoms. The van der Waals surface area contributed by atoms with Crippen LogP contribution in [0.3, 0.4) is 0 Å². The van der Waals surface area contributed by atoms with Crippen molar-refractivity contribution in [3.8, 4) is 0 Å². The summed E-state index contributed by atoms with van der Waals surface area (Å²) in [6.07, 6.45) is 0. The maximum absolute atomic E-state index is 11.3. The van der Waals surface area contributed by atoms with Crippen molar-refractivity contribution in [1.29, 1.82) is 0 Å². The van der Waals surface area contributed by atoms with Crippen LogP contribution < -0.4 is 0 Å². The van der Waals surface area contributed by atoms with E-state index in [9.17, 15) is 4.79 Å². The van der Waals surface area contributed by atoms with Gasteiger partial charge in [-0.1, -0.05) is 12.1 Å². The summed E-state index contributed by atoms with van der Waals surface area (Å²) in [6, 6.07) is 7.85. The fourth-order valence-electron chi connectivity index (χ4n) is 1.35. The molecular formula is C11H11NO2S. The molecular weight excluding hydrogens is 210 g/mol. The van der Waals surface area contributed by atoms with E-state index in [1.807, 2.05) is 31.2 Å². The lowest BCUT2D eigenvalue weighted by Gasteiger charge is -2.03. The Morgan fingerprint density at radius 1 is 1.47 bits per heavy atom. The van der Waals surface area contributed by atoms with E-state index in [-0.39, 0.29) is 11.9 Å². The van der Waals surface area contributed by atoms with Gasteiger partial charge in [-0.05, 0) is 19.1 Å². The Kier molecular flexibility index (Phi) is 2.68. The van der Waals surface area contributed by atoms with Gasteiger partial charge in [0.2, 0.25) is 0 Å². The summed E-state index contributed by atoms with van der Waals surface area (Å²) in [7, 11) is 1.39. The maximum Gasteiger partial charge on any atom is 0.315 e. The maximum atomic E-state index is 11.3. The van der Waals surface area contributed by atoms with Crippen LogP contribution in [0, 0.1) is 0 Å². The van der Waals surface area contributed by atoms with Gasteiger partial charge < -0.3 is 4.74 Å². The molecule has 1 unspecified atom stereocenters. The van der Waals surface area contributed by atoms with E-state index >= 15 is 0 Å². The molecule has 3 nitrogen and oxygen atoms in total. The molecule has 0 fully saturated rings. The zero-order chi connectivity index (χ0) is 10.8. The van der Waals surface area contributed by atoms with Crippen molar-refractivity contribution in [2.75, 3.05) is 7.11 Å². The van der Waals surface area contributed by atoms with Gasteiger partial charge in [0.25, 0.3) is 0 Å².